The number of halogens is 2. The van der Waals surface area contributed by atoms with Gasteiger partial charge in [-0.15, -0.1) is 0 Å². The first kappa shape index (κ1) is 9.13. The first-order chi connectivity index (χ1) is 6.18. The summed E-state index contributed by atoms with van der Waals surface area (Å²) in [6.07, 6.45) is 0.288. The van der Waals surface area contributed by atoms with Crippen LogP contribution < -0.4 is 5.32 Å². The van der Waals surface area contributed by atoms with Crippen molar-refractivity contribution < 1.29 is 5.11 Å². The van der Waals surface area contributed by atoms with Crippen LogP contribution >= 0.6 is 23.2 Å². The summed E-state index contributed by atoms with van der Waals surface area (Å²) in [5, 5.41) is 13.8. The molecule has 0 bridgehead atoms. The van der Waals surface area contributed by atoms with Gasteiger partial charge in [0.1, 0.15) is 0 Å². The molecule has 13 heavy (non-hydrogen) atoms. The van der Waals surface area contributed by atoms with E-state index in [1.54, 1.807) is 12.1 Å². The minimum atomic E-state index is -0.425. The summed E-state index contributed by atoms with van der Waals surface area (Å²) in [7, 11) is 0. The van der Waals surface area contributed by atoms with Crippen LogP contribution in [0.15, 0.2) is 12.1 Å². The van der Waals surface area contributed by atoms with E-state index in [1.165, 1.54) is 0 Å². The molecule has 0 spiro atoms. The van der Waals surface area contributed by atoms with Crippen LogP contribution in [0.3, 0.4) is 0 Å². The number of nitrogens with one attached hydrogen (secondary N) is 1. The second-order valence-corrected chi connectivity index (χ2v) is 3.90. The summed E-state index contributed by atoms with van der Waals surface area (Å²) in [6.45, 7) is 0.770. The molecule has 2 nitrogen and oxygen atoms in total. The Morgan fingerprint density at radius 1 is 1.31 bits per heavy atom. The molecule has 1 aliphatic rings. The lowest BCUT2D eigenvalue weighted by molar-refractivity contribution is 0.168. The Morgan fingerprint density at radius 2 is 2.00 bits per heavy atom. The molecule has 1 atom stereocenters. The number of hydrogen-bond acceptors (Lipinski definition) is 2. The third-order valence-corrected chi connectivity index (χ3v) is 2.91. The number of anilines is 1. The molecule has 70 valence electrons. The summed E-state index contributed by atoms with van der Waals surface area (Å²) in [5.41, 5.74) is 1.72. The standard InChI is InChI=1S/C9H9Cl2NO/c10-6-3-5-8(4-7(6)11)12-2-1-9(5)13/h3-4,9,12-13H,1-2H2. The lowest BCUT2D eigenvalue weighted by Crippen LogP contribution is -2.16. The van der Waals surface area contributed by atoms with Crippen molar-refractivity contribution in [2.45, 2.75) is 12.5 Å². The summed E-state index contributed by atoms with van der Waals surface area (Å²) in [5.74, 6) is 0. The van der Waals surface area contributed by atoms with Gasteiger partial charge in [0.05, 0.1) is 16.1 Å². The van der Waals surface area contributed by atoms with E-state index in [0.29, 0.717) is 16.5 Å². The van der Waals surface area contributed by atoms with Gasteiger partial charge in [0.15, 0.2) is 0 Å². The predicted molar refractivity (Wildman–Crippen MR) is 54.5 cm³/mol. The van der Waals surface area contributed by atoms with E-state index in [9.17, 15) is 5.11 Å². The molecule has 2 N–H and O–H groups in total. The van der Waals surface area contributed by atoms with E-state index in [2.05, 4.69) is 5.32 Å². The quantitative estimate of drug-likeness (QED) is 0.701. The van der Waals surface area contributed by atoms with Crippen molar-refractivity contribution >= 4 is 28.9 Å². The monoisotopic (exact) mass is 217 g/mol. The number of hydrogen-bond donors (Lipinski definition) is 2. The highest BCUT2D eigenvalue weighted by Gasteiger charge is 2.18. The summed E-state index contributed by atoms with van der Waals surface area (Å²) >= 11 is 11.7. The maximum Gasteiger partial charge on any atom is 0.0827 e. The fourth-order valence-corrected chi connectivity index (χ4v) is 1.83. The molecule has 0 fully saturated rings. The van der Waals surface area contributed by atoms with Crippen molar-refractivity contribution in [1.82, 2.24) is 0 Å². The summed E-state index contributed by atoms with van der Waals surface area (Å²) in [6, 6.07) is 3.47. The normalized spacial score (nSPS) is 20.7. The van der Waals surface area contributed by atoms with Gasteiger partial charge in [0.2, 0.25) is 0 Å². The Hall–Kier alpha value is -0.440. The average Bonchev–Trinajstić information content (AvgIpc) is 2.09. The van der Waals surface area contributed by atoms with Gasteiger partial charge in [-0.25, -0.2) is 0 Å². The Bertz CT molecular complexity index is 341. The molecule has 0 radical (unpaired) electrons. The van der Waals surface area contributed by atoms with Crippen molar-refractivity contribution in [2.75, 3.05) is 11.9 Å². The second kappa shape index (κ2) is 3.37. The van der Waals surface area contributed by atoms with Crippen LogP contribution in [0, 0.1) is 0 Å². The van der Waals surface area contributed by atoms with Crippen LogP contribution in [0.1, 0.15) is 18.1 Å². The van der Waals surface area contributed by atoms with E-state index in [1.807, 2.05) is 0 Å². The van der Waals surface area contributed by atoms with Gasteiger partial charge < -0.3 is 10.4 Å². The fraction of sp³-hybridized carbons (Fsp3) is 0.333. The van der Waals surface area contributed by atoms with E-state index < -0.39 is 6.10 Å². The summed E-state index contributed by atoms with van der Waals surface area (Å²) in [4.78, 5) is 0. The molecule has 0 amide bonds. The van der Waals surface area contributed by atoms with Crippen LogP contribution in [0.25, 0.3) is 0 Å². The minimum absolute atomic E-state index is 0.425. The molecule has 1 aromatic rings. The molecule has 0 aromatic heterocycles. The number of benzene rings is 1. The Balaban J connectivity index is 2.52. The Kier molecular flexibility index (Phi) is 2.37. The maximum atomic E-state index is 9.63. The zero-order valence-electron chi connectivity index (χ0n) is 6.85. The van der Waals surface area contributed by atoms with Gasteiger partial charge in [0.25, 0.3) is 0 Å². The van der Waals surface area contributed by atoms with E-state index in [0.717, 1.165) is 17.8 Å². The molecule has 0 aliphatic carbocycles. The summed E-state index contributed by atoms with van der Waals surface area (Å²) < 4.78 is 0. The molecule has 1 aliphatic heterocycles. The lowest BCUT2D eigenvalue weighted by Gasteiger charge is -2.23. The molecule has 4 heteroatoms. The van der Waals surface area contributed by atoms with Crippen LogP contribution in [-0.2, 0) is 0 Å². The van der Waals surface area contributed by atoms with Crippen molar-refractivity contribution in [3.8, 4) is 0 Å². The van der Waals surface area contributed by atoms with Gasteiger partial charge in [-0.05, 0) is 18.6 Å². The first-order valence-corrected chi connectivity index (χ1v) is 4.85. The van der Waals surface area contributed by atoms with Crippen molar-refractivity contribution in [1.29, 1.82) is 0 Å². The molecular formula is C9H9Cl2NO. The van der Waals surface area contributed by atoms with E-state index in [4.69, 9.17) is 23.2 Å². The second-order valence-electron chi connectivity index (χ2n) is 3.08. The van der Waals surface area contributed by atoms with Crippen LogP contribution in [0.4, 0.5) is 5.69 Å². The molecule has 1 heterocycles. The zero-order valence-corrected chi connectivity index (χ0v) is 8.36. The maximum absolute atomic E-state index is 9.63. The molecule has 1 unspecified atom stereocenters. The third-order valence-electron chi connectivity index (χ3n) is 2.18. The van der Waals surface area contributed by atoms with Crippen molar-refractivity contribution in [3.05, 3.63) is 27.7 Å². The molecule has 0 saturated carbocycles. The van der Waals surface area contributed by atoms with Crippen molar-refractivity contribution in [2.24, 2.45) is 0 Å². The van der Waals surface area contributed by atoms with Gasteiger partial charge in [0, 0.05) is 17.8 Å². The van der Waals surface area contributed by atoms with Gasteiger partial charge in [-0.3, -0.25) is 0 Å². The average molecular weight is 218 g/mol. The SMILES string of the molecule is OC1CCNc2cc(Cl)c(Cl)cc21. The van der Waals surface area contributed by atoms with Crippen molar-refractivity contribution in [3.63, 3.8) is 0 Å². The van der Waals surface area contributed by atoms with Crippen LogP contribution in [0.5, 0.6) is 0 Å². The molecule has 1 aromatic carbocycles. The highest BCUT2D eigenvalue weighted by Crippen LogP contribution is 2.35. The fourth-order valence-electron chi connectivity index (χ4n) is 1.49. The number of aliphatic hydroxyl groups is 1. The van der Waals surface area contributed by atoms with E-state index >= 15 is 0 Å². The largest absolute Gasteiger partial charge is 0.388 e. The first-order valence-electron chi connectivity index (χ1n) is 4.09. The predicted octanol–water partition coefficient (Wildman–Crippen LogP) is 2.84. The smallest absolute Gasteiger partial charge is 0.0827 e. The van der Waals surface area contributed by atoms with Crippen LogP contribution in [-0.4, -0.2) is 11.7 Å². The van der Waals surface area contributed by atoms with Gasteiger partial charge >= 0.3 is 0 Å². The Morgan fingerprint density at radius 3 is 2.77 bits per heavy atom. The zero-order chi connectivity index (χ0) is 9.42. The Labute approximate surface area is 86.5 Å². The van der Waals surface area contributed by atoms with E-state index in [-0.39, 0.29) is 0 Å². The third kappa shape index (κ3) is 1.62. The number of rotatable bonds is 0. The molecular weight excluding hydrogens is 209 g/mol. The highest BCUT2D eigenvalue weighted by molar-refractivity contribution is 6.42. The van der Waals surface area contributed by atoms with Gasteiger partial charge in [-0.1, -0.05) is 23.2 Å². The number of aliphatic hydroxyl groups excluding tert-OH is 1. The van der Waals surface area contributed by atoms with Crippen LogP contribution in [0.2, 0.25) is 10.0 Å². The lowest BCUT2D eigenvalue weighted by atomic mass is 10.0. The minimum Gasteiger partial charge on any atom is -0.388 e. The topological polar surface area (TPSA) is 32.3 Å². The highest BCUT2D eigenvalue weighted by atomic mass is 35.5. The van der Waals surface area contributed by atoms with Gasteiger partial charge in [-0.2, -0.15) is 0 Å². The molecule has 2 rings (SSSR count). The molecule has 0 saturated heterocycles. The number of fused-ring (bicyclic) bond motifs is 1.